The molecule has 0 aliphatic carbocycles. The Balaban J connectivity index is 1.87. The molecule has 1 aromatic carbocycles. The standard InChI is InChI=1S/C19H25N3O/c1-15-9-11-16(12-10-15)18(22(2)3)19(23)21-14-6-8-17-7-4-5-13-20-17/h4-5,7,9-13,18H,6,8,14H2,1-3H3,(H,21,23). The molecule has 0 spiro atoms. The number of hydrogen-bond donors (Lipinski definition) is 1. The topological polar surface area (TPSA) is 45.2 Å². The third kappa shape index (κ3) is 5.18. The van der Waals surface area contributed by atoms with Crippen molar-refractivity contribution >= 4 is 5.91 Å². The molecule has 0 aliphatic rings. The zero-order valence-corrected chi connectivity index (χ0v) is 14.1. The molecule has 0 bridgehead atoms. The van der Waals surface area contributed by atoms with Gasteiger partial charge in [-0.15, -0.1) is 0 Å². The van der Waals surface area contributed by atoms with Crippen molar-refractivity contribution in [3.63, 3.8) is 0 Å². The lowest BCUT2D eigenvalue weighted by Crippen LogP contribution is -2.37. The average molecular weight is 311 g/mol. The van der Waals surface area contributed by atoms with E-state index in [1.807, 2.05) is 68.4 Å². The largest absolute Gasteiger partial charge is 0.354 e. The number of benzene rings is 1. The molecule has 0 saturated heterocycles. The second kappa shape index (κ2) is 8.44. The molecule has 4 nitrogen and oxygen atoms in total. The number of nitrogens with zero attached hydrogens (tertiary/aromatic N) is 2. The summed E-state index contributed by atoms with van der Waals surface area (Å²) in [6.45, 7) is 2.71. The van der Waals surface area contributed by atoms with Crippen molar-refractivity contribution in [2.24, 2.45) is 0 Å². The molecule has 2 rings (SSSR count). The molecule has 1 aromatic heterocycles. The Morgan fingerprint density at radius 2 is 1.91 bits per heavy atom. The summed E-state index contributed by atoms with van der Waals surface area (Å²) >= 11 is 0. The molecule has 1 atom stereocenters. The lowest BCUT2D eigenvalue weighted by molar-refractivity contribution is -0.125. The van der Waals surface area contributed by atoms with Crippen LogP contribution in [-0.4, -0.2) is 36.4 Å². The highest BCUT2D eigenvalue weighted by Gasteiger charge is 2.22. The molecule has 1 N–H and O–H groups in total. The maximum Gasteiger partial charge on any atom is 0.241 e. The SMILES string of the molecule is Cc1ccc(C(C(=O)NCCCc2ccccn2)N(C)C)cc1. The Bertz CT molecular complexity index is 608. The summed E-state index contributed by atoms with van der Waals surface area (Å²) in [5, 5.41) is 3.04. The first-order chi connectivity index (χ1) is 11.1. The maximum atomic E-state index is 12.5. The van der Waals surface area contributed by atoms with Crippen molar-refractivity contribution in [1.29, 1.82) is 0 Å². The van der Waals surface area contributed by atoms with Gasteiger partial charge in [0.1, 0.15) is 6.04 Å². The molecule has 0 fully saturated rings. The fraction of sp³-hybridized carbons (Fsp3) is 0.368. The highest BCUT2D eigenvalue weighted by atomic mass is 16.2. The van der Waals surface area contributed by atoms with Crippen LogP contribution in [0, 0.1) is 6.92 Å². The predicted octanol–water partition coefficient (Wildman–Crippen LogP) is 2.74. The van der Waals surface area contributed by atoms with Crippen LogP contribution in [0.2, 0.25) is 0 Å². The number of nitrogens with one attached hydrogen (secondary N) is 1. The molecular weight excluding hydrogens is 286 g/mol. The summed E-state index contributed by atoms with van der Waals surface area (Å²) in [4.78, 5) is 18.7. The van der Waals surface area contributed by atoms with Crippen LogP contribution < -0.4 is 5.32 Å². The first kappa shape index (κ1) is 17.2. The Kier molecular flexibility index (Phi) is 6.29. The molecule has 0 radical (unpaired) electrons. The van der Waals surface area contributed by atoms with Gasteiger partial charge >= 0.3 is 0 Å². The van der Waals surface area contributed by atoms with E-state index in [1.165, 1.54) is 5.56 Å². The minimum Gasteiger partial charge on any atom is -0.354 e. The monoisotopic (exact) mass is 311 g/mol. The van der Waals surface area contributed by atoms with Gasteiger partial charge in [0.2, 0.25) is 5.91 Å². The third-order valence-corrected chi connectivity index (χ3v) is 3.79. The van der Waals surface area contributed by atoms with E-state index in [1.54, 1.807) is 6.20 Å². The smallest absolute Gasteiger partial charge is 0.241 e. The van der Waals surface area contributed by atoms with Gasteiger partial charge in [-0.3, -0.25) is 14.7 Å². The van der Waals surface area contributed by atoms with Crippen LogP contribution in [0.4, 0.5) is 0 Å². The van der Waals surface area contributed by atoms with E-state index in [0.29, 0.717) is 6.54 Å². The van der Waals surface area contributed by atoms with Crippen LogP contribution in [0.5, 0.6) is 0 Å². The number of carbonyl (C=O) groups excluding carboxylic acids is 1. The minimum absolute atomic E-state index is 0.0415. The lowest BCUT2D eigenvalue weighted by atomic mass is 10.0. The summed E-state index contributed by atoms with van der Waals surface area (Å²) < 4.78 is 0. The first-order valence-electron chi connectivity index (χ1n) is 7.98. The molecule has 1 unspecified atom stereocenters. The maximum absolute atomic E-state index is 12.5. The zero-order valence-electron chi connectivity index (χ0n) is 14.1. The van der Waals surface area contributed by atoms with E-state index in [2.05, 4.69) is 10.3 Å². The predicted molar refractivity (Wildman–Crippen MR) is 93.2 cm³/mol. The van der Waals surface area contributed by atoms with Crippen molar-refractivity contribution < 1.29 is 4.79 Å². The fourth-order valence-corrected chi connectivity index (χ4v) is 2.56. The van der Waals surface area contributed by atoms with Crippen LogP contribution >= 0.6 is 0 Å². The Hall–Kier alpha value is -2.20. The quantitative estimate of drug-likeness (QED) is 0.800. The molecule has 0 aliphatic heterocycles. The average Bonchev–Trinajstić information content (AvgIpc) is 2.54. The normalized spacial score (nSPS) is 12.2. The van der Waals surface area contributed by atoms with E-state index >= 15 is 0 Å². The number of hydrogen-bond acceptors (Lipinski definition) is 3. The van der Waals surface area contributed by atoms with Crippen molar-refractivity contribution in [2.75, 3.05) is 20.6 Å². The van der Waals surface area contributed by atoms with Crippen LogP contribution in [0.15, 0.2) is 48.7 Å². The number of amides is 1. The van der Waals surface area contributed by atoms with Gasteiger partial charge in [0.15, 0.2) is 0 Å². The number of pyridine rings is 1. The number of aromatic nitrogens is 1. The van der Waals surface area contributed by atoms with Crippen molar-refractivity contribution in [3.8, 4) is 0 Å². The van der Waals surface area contributed by atoms with Crippen molar-refractivity contribution in [2.45, 2.75) is 25.8 Å². The van der Waals surface area contributed by atoms with Gasteiger partial charge < -0.3 is 5.32 Å². The van der Waals surface area contributed by atoms with Crippen LogP contribution in [0.25, 0.3) is 0 Å². The highest BCUT2D eigenvalue weighted by Crippen LogP contribution is 2.19. The number of rotatable bonds is 7. The second-order valence-corrected chi connectivity index (χ2v) is 5.99. The molecule has 4 heteroatoms. The molecule has 1 heterocycles. The zero-order chi connectivity index (χ0) is 16.7. The van der Waals surface area contributed by atoms with Gasteiger partial charge in [-0.1, -0.05) is 35.9 Å². The first-order valence-corrected chi connectivity index (χ1v) is 7.98. The van der Waals surface area contributed by atoms with Crippen molar-refractivity contribution in [3.05, 3.63) is 65.5 Å². The molecule has 1 amide bonds. The summed E-state index contributed by atoms with van der Waals surface area (Å²) in [6.07, 6.45) is 3.56. The van der Waals surface area contributed by atoms with Gasteiger partial charge in [0.05, 0.1) is 0 Å². The van der Waals surface area contributed by atoms with E-state index < -0.39 is 0 Å². The fourth-order valence-electron chi connectivity index (χ4n) is 2.56. The molecule has 2 aromatic rings. The number of carbonyl (C=O) groups is 1. The van der Waals surface area contributed by atoms with Crippen molar-refractivity contribution in [1.82, 2.24) is 15.2 Å². The molecule has 23 heavy (non-hydrogen) atoms. The van der Waals surface area contributed by atoms with Gasteiger partial charge in [0.25, 0.3) is 0 Å². The van der Waals surface area contributed by atoms with Gasteiger partial charge in [-0.05, 0) is 51.6 Å². The third-order valence-electron chi connectivity index (χ3n) is 3.79. The van der Waals surface area contributed by atoms with Gasteiger partial charge in [0, 0.05) is 18.4 Å². The van der Waals surface area contributed by atoms with Crippen LogP contribution in [0.1, 0.15) is 29.3 Å². The van der Waals surface area contributed by atoms with E-state index in [4.69, 9.17) is 0 Å². The highest BCUT2D eigenvalue weighted by molar-refractivity contribution is 5.83. The van der Waals surface area contributed by atoms with E-state index in [9.17, 15) is 4.79 Å². The number of likely N-dealkylation sites (N-methyl/N-ethyl adjacent to an activating group) is 1. The summed E-state index contributed by atoms with van der Waals surface area (Å²) in [5.41, 5.74) is 3.27. The summed E-state index contributed by atoms with van der Waals surface area (Å²) in [7, 11) is 3.86. The van der Waals surface area contributed by atoms with E-state index in [-0.39, 0.29) is 11.9 Å². The molecular formula is C19H25N3O. The van der Waals surface area contributed by atoms with Gasteiger partial charge in [-0.2, -0.15) is 0 Å². The van der Waals surface area contributed by atoms with Crippen LogP contribution in [0.3, 0.4) is 0 Å². The Labute approximate surface area is 138 Å². The summed E-state index contributed by atoms with van der Waals surface area (Å²) in [6, 6.07) is 13.8. The number of aryl methyl sites for hydroxylation is 2. The molecule has 0 saturated carbocycles. The Morgan fingerprint density at radius 1 is 1.17 bits per heavy atom. The lowest BCUT2D eigenvalue weighted by Gasteiger charge is -2.24. The Morgan fingerprint density at radius 3 is 2.52 bits per heavy atom. The van der Waals surface area contributed by atoms with E-state index in [0.717, 1.165) is 24.1 Å². The van der Waals surface area contributed by atoms with Crippen LogP contribution in [-0.2, 0) is 11.2 Å². The second-order valence-electron chi connectivity index (χ2n) is 5.99. The van der Waals surface area contributed by atoms with Gasteiger partial charge in [-0.25, -0.2) is 0 Å². The summed E-state index contributed by atoms with van der Waals surface area (Å²) in [5.74, 6) is 0.0415. The minimum atomic E-state index is -0.259. The molecule has 122 valence electrons.